The third-order valence-corrected chi connectivity index (χ3v) is 3.81. The smallest absolute Gasteiger partial charge is 0.276 e. The van der Waals surface area contributed by atoms with Gasteiger partial charge in [-0.15, -0.1) is 0 Å². The van der Waals surface area contributed by atoms with Gasteiger partial charge in [-0.3, -0.25) is 19.7 Å². The van der Waals surface area contributed by atoms with Crippen molar-refractivity contribution in [1.29, 1.82) is 0 Å². The fraction of sp³-hybridized carbons (Fsp3) is 0.0556. The number of nitrogens with zero attached hydrogens (tertiary/aromatic N) is 2. The van der Waals surface area contributed by atoms with Gasteiger partial charge in [-0.1, -0.05) is 18.2 Å². The van der Waals surface area contributed by atoms with E-state index >= 15 is 0 Å². The number of carbonyl (C=O) groups excluding carboxylic acids is 2. The fourth-order valence-corrected chi connectivity index (χ4v) is 2.39. The highest BCUT2D eigenvalue weighted by molar-refractivity contribution is 6.13. The lowest BCUT2D eigenvalue weighted by Gasteiger charge is -2.08. The van der Waals surface area contributed by atoms with E-state index in [9.17, 15) is 19.7 Å². The molecule has 0 spiro atoms. The number of para-hydroxylation sites is 1. The van der Waals surface area contributed by atoms with Crippen molar-refractivity contribution in [2.24, 2.45) is 0 Å². The number of hydrogen-bond acceptors (Lipinski definition) is 5. The van der Waals surface area contributed by atoms with Crippen LogP contribution in [0.5, 0.6) is 0 Å². The van der Waals surface area contributed by atoms with Crippen LogP contribution in [-0.2, 0) is 0 Å². The summed E-state index contributed by atoms with van der Waals surface area (Å²) in [6, 6.07) is 12.6. The Kier molecular flexibility index (Phi) is 4.93. The van der Waals surface area contributed by atoms with Crippen LogP contribution in [-0.4, -0.2) is 26.7 Å². The van der Waals surface area contributed by atoms with Crippen LogP contribution in [0.25, 0.3) is 0 Å². The van der Waals surface area contributed by atoms with Crippen LogP contribution in [0.2, 0.25) is 0 Å². The van der Waals surface area contributed by atoms with E-state index in [0.717, 1.165) is 5.56 Å². The summed E-state index contributed by atoms with van der Waals surface area (Å²) in [6.07, 6.45) is 1.25. The first-order valence-corrected chi connectivity index (χ1v) is 7.92. The number of nitro benzene ring substituents is 1. The van der Waals surface area contributed by atoms with Gasteiger partial charge in [0, 0.05) is 23.5 Å². The highest BCUT2D eigenvalue weighted by Gasteiger charge is 2.21. The molecule has 0 aliphatic carbocycles. The van der Waals surface area contributed by atoms with Crippen LogP contribution < -0.4 is 10.6 Å². The van der Waals surface area contributed by atoms with E-state index in [-0.39, 0.29) is 17.1 Å². The minimum Gasteiger partial charge on any atom is -0.340 e. The van der Waals surface area contributed by atoms with Gasteiger partial charge >= 0.3 is 0 Å². The Labute approximate surface area is 153 Å². The maximum absolute atomic E-state index is 12.5. The number of nitro groups is 1. The first-order chi connectivity index (χ1) is 13.0. The molecule has 136 valence electrons. The highest BCUT2D eigenvalue weighted by Crippen LogP contribution is 2.18. The van der Waals surface area contributed by atoms with Crippen molar-refractivity contribution in [2.75, 3.05) is 10.6 Å². The van der Waals surface area contributed by atoms with Crippen LogP contribution in [0.15, 0.2) is 54.9 Å². The predicted molar refractivity (Wildman–Crippen MR) is 98.8 cm³/mol. The molecule has 2 aromatic carbocycles. The number of hydrogen-bond donors (Lipinski definition) is 3. The standard InChI is InChI=1S/C18H15N5O4/c1-11-4-2-3-5-14(11)22-18(25)16-15(19-10-20-16)17(24)21-12-6-8-13(9-7-12)23(26)27/h2-10H,1H3,(H,19,20)(H,21,24)(H,22,25). The molecule has 3 rings (SSSR count). The number of aromatic nitrogens is 2. The third kappa shape index (κ3) is 3.98. The number of carbonyl (C=O) groups is 2. The first kappa shape index (κ1) is 17.8. The van der Waals surface area contributed by atoms with Crippen molar-refractivity contribution >= 4 is 28.9 Å². The monoisotopic (exact) mass is 365 g/mol. The Morgan fingerprint density at radius 3 is 2.41 bits per heavy atom. The molecule has 9 heteroatoms. The third-order valence-electron chi connectivity index (χ3n) is 3.81. The molecule has 3 N–H and O–H groups in total. The van der Waals surface area contributed by atoms with Crippen LogP contribution in [0.3, 0.4) is 0 Å². The summed E-state index contributed by atoms with van der Waals surface area (Å²) in [5, 5.41) is 16.0. The lowest BCUT2D eigenvalue weighted by molar-refractivity contribution is -0.384. The quantitative estimate of drug-likeness (QED) is 0.472. The van der Waals surface area contributed by atoms with E-state index in [0.29, 0.717) is 11.4 Å². The Bertz CT molecular complexity index is 1010. The number of aromatic amines is 1. The summed E-state index contributed by atoms with van der Waals surface area (Å²) in [5.41, 5.74) is 1.68. The molecule has 0 unspecified atom stereocenters. The molecule has 0 atom stereocenters. The van der Waals surface area contributed by atoms with Crippen molar-refractivity contribution in [1.82, 2.24) is 9.97 Å². The molecule has 0 bridgehead atoms. The van der Waals surface area contributed by atoms with E-state index in [2.05, 4.69) is 20.6 Å². The normalized spacial score (nSPS) is 10.3. The predicted octanol–water partition coefficient (Wildman–Crippen LogP) is 3.13. The van der Waals surface area contributed by atoms with Gasteiger partial charge in [0.05, 0.1) is 11.3 Å². The van der Waals surface area contributed by atoms with Crippen LogP contribution >= 0.6 is 0 Å². The number of benzene rings is 2. The Hall–Kier alpha value is -4.01. The van der Waals surface area contributed by atoms with E-state index in [1.165, 1.54) is 30.6 Å². The van der Waals surface area contributed by atoms with Crippen molar-refractivity contribution in [3.63, 3.8) is 0 Å². The van der Waals surface area contributed by atoms with Crippen LogP contribution in [0.4, 0.5) is 17.1 Å². The van der Waals surface area contributed by atoms with Gasteiger partial charge in [0.25, 0.3) is 17.5 Å². The number of amides is 2. The summed E-state index contributed by atoms with van der Waals surface area (Å²) >= 11 is 0. The zero-order valence-corrected chi connectivity index (χ0v) is 14.2. The zero-order chi connectivity index (χ0) is 19.4. The van der Waals surface area contributed by atoms with Gasteiger partial charge in [-0.2, -0.15) is 0 Å². The minimum absolute atomic E-state index is 0.0117. The lowest BCUT2D eigenvalue weighted by atomic mass is 10.2. The first-order valence-electron chi connectivity index (χ1n) is 7.92. The van der Waals surface area contributed by atoms with E-state index < -0.39 is 16.7 Å². The Morgan fingerprint density at radius 2 is 1.74 bits per heavy atom. The SMILES string of the molecule is Cc1ccccc1NC(=O)c1[nH]cnc1C(=O)Nc1ccc([N+](=O)[O-])cc1. The lowest BCUT2D eigenvalue weighted by Crippen LogP contribution is -2.20. The Morgan fingerprint density at radius 1 is 1.04 bits per heavy atom. The molecule has 0 radical (unpaired) electrons. The minimum atomic E-state index is -0.611. The fourth-order valence-electron chi connectivity index (χ4n) is 2.39. The average Bonchev–Trinajstić information content (AvgIpc) is 3.14. The molecule has 0 aliphatic heterocycles. The number of H-pyrrole nitrogens is 1. The maximum Gasteiger partial charge on any atom is 0.276 e. The molecule has 3 aromatic rings. The summed E-state index contributed by atoms with van der Waals surface area (Å²) in [5.74, 6) is -1.12. The van der Waals surface area contributed by atoms with Crippen LogP contribution in [0.1, 0.15) is 26.5 Å². The molecule has 0 saturated carbocycles. The van der Waals surface area contributed by atoms with Gasteiger partial charge in [0.1, 0.15) is 5.69 Å². The van der Waals surface area contributed by atoms with Crippen LogP contribution in [0, 0.1) is 17.0 Å². The highest BCUT2D eigenvalue weighted by atomic mass is 16.6. The van der Waals surface area contributed by atoms with Crippen molar-refractivity contribution < 1.29 is 14.5 Å². The van der Waals surface area contributed by atoms with E-state index in [4.69, 9.17) is 0 Å². The van der Waals surface area contributed by atoms with Gasteiger partial charge < -0.3 is 15.6 Å². The average molecular weight is 365 g/mol. The van der Waals surface area contributed by atoms with Gasteiger partial charge in [0.2, 0.25) is 0 Å². The van der Waals surface area contributed by atoms with E-state index in [1.54, 1.807) is 12.1 Å². The topological polar surface area (TPSA) is 130 Å². The second-order valence-corrected chi connectivity index (χ2v) is 5.65. The van der Waals surface area contributed by atoms with E-state index in [1.807, 2.05) is 19.1 Å². The number of anilines is 2. The van der Waals surface area contributed by atoms with Crippen molar-refractivity contribution in [2.45, 2.75) is 6.92 Å². The number of aryl methyl sites for hydroxylation is 1. The molecular weight excluding hydrogens is 350 g/mol. The number of rotatable bonds is 5. The summed E-state index contributed by atoms with van der Waals surface area (Å²) in [6.45, 7) is 1.85. The number of non-ortho nitro benzene ring substituents is 1. The van der Waals surface area contributed by atoms with Gasteiger partial charge in [-0.05, 0) is 30.7 Å². The molecule has 1 aromatic heterocycles. The molecule has 0 aliphatic rings. The molecular formula is C18H15N5O4. The number of nitrogens with one attached hydrogen (secondary N) is 3. The van der Waals surface area contributed by atoms with Crippen molar-refractivity contribution in [3.8, 4) is 0 Å². The second kappa shape index (κ2) is 7.48. The maximum atomic E-state index is 12.5. The number of imidazole rings is 1. The molecule has 1 heterocycles. The zero-order valence-electron chi connectivity index (χ0n) is 14.2. The van der Waals surface area contributed by atoms with Crippen molar-refractivity contribution in [3.05, 3.63) is 81.9 Å². The molecule has 9 nitrogen and oxygen atoms in total. The largest absolute Gasteiger partial charge is 0.340 e. The second-order valence-electron chi connectivity index (χ2n) is 5.65. The molecule has 27 heavy (non-hydrogen) atoms. The molecule has 0 saturated heterocycles. The molecule has 2 amide bonds. The van der Waals surface area contributed by atoms with Gasteiger partial charge in [0.15, 0.2) is 5.69 Å². The summed E-state index contributed by atoms with van der Waals surface area (Å²) in [7, 11) is 0. The molecule has 0 fully saturated rings. The summed E-state index contributed by atoms with van der Waals surface area (Å²) in [4.78, 5) is 41.6. The Balaban J connectivity index is 1.75. The van der Waals surface area contributed by atoms with Gasteiger partial charge in [-0.25, -0.2) is 4.98 Å². The summed E-state index contributed by atoms with van der Waals surface area (Å²) < 4.78 is 0.